The fraction of sp³-hybridized carbons (Fsp3) is 0.179. The summed E-state index contributed by atoms with van der Waals surface area (Å²) >= 11 is 12.0. The molecule has 1 atom stereocenters. The summed E-state index contributed by atoms with van der Waals surface area (Å²) in [4.78, 5) is 28.0. The van der Waals surface area contributed by atoms with Crippen molar-refractivity contribution in [1.82, 2.24) is 34.2 Å². The number of nitrogens with zero attached hydrogens (tertiary/aromatic N) is 7. The first-order chi connectivity index (χ1) is 20.3. The monoisotopic (exact) mass is 608 g/mol. The fourth-order valence-electron chi connectivity index (χ4n) is 4.68. The zero-order chi connectivity index (χ0) is 29.2. The van der Waals surface area contributed by atoms with Gasteiger partial charge in [0.05, 0.1) is 31.2 Å². The maximum Gasteiger partial charge on any atom is 0.259 e. The van der Waals surface area contributed by atoms with E-state index in [0.717, 1.165) is 0 Å². The van der Waals surface area contributed by atoms with E-state index in [2.05, 4.69) is 20.7 Å². The molecule has 0 radical (unpaired) electrons. The number of nitrogens with one attached hydrogen (secondary N) is 1. The topological polar surface area (TPSA) is 112 Å². The van der Waals surface area contributed by atoms with Crippen molar-refractivity contribution in [3.05, 3.63) is 107 Å². The molecule has 2 amide bonds. The molecule has 0 bridgehead atoms. The van der Waals surface area contributed by atoms with Crippen LogP contribution in [0.1, 0.15) is 22.2 Å². The number of benzene rings is 2. The predicted molar refractivity (Wildman–Crippen MR) is 153 cm³/mol. The Morgan fingerprint density at radius 1 is 1.07 bits per heavy atom. The molecule has 0 aliphatic carbocycles. The van der Waals surface area contributed by atoms with Crippen molar-refractivity contribution in [3.8, 4) is 11.5 Å². The highest BCUT2D eigenvalue weighted by molar-refractivity contribution is 6.35. The fourth-order valence-corrected chi connectivity index (χ4v) is 5.21. The highest BCUT2D eigenvalue weighted by Gasteiger charge is 2.31. The van der Waals surface area contributed by atoms with Gasteiger partial charge in [0.1, 0.15) is 29.7 Å². The molecule has 0 saturated carbocycles. The lowest BCUT2D eigenvalue weighted by molar-refractivity contribution is -0.116. The number of hydrogen-bond donors (Lipinski definition) is 1. The van der Waals surface area contributed by atoms with Crippen molar-refractivity contribution in [1.29, 1.82) is 0 Å². The van der Waals surface area contributed by atoms with Gasteiger partial charge in [0, 0.05) is 34.7 Å². The summed E-state index contributed by atoms with van der Waals surface area (Å²) in [6.07, 6.45) is 6.19. The lowest BCUT2D eigenvalue weighted by Gasteiger charge is -2.32. The molecule has 1 fully saturated rings. The molecule has 42 heavy (non-hydrogen) atoms. The largest absolute Gasteiger partial charge is 0.368 e. The van der Waals surface area contributed by atoms with Crippen LogP contribution in [0, 0.1) is 5.82 Å². The van der Waals surface area contributed by atoms with Gasteiger partial charge in [-0.25, -0.2) is 13.8 Å². The average molecular weight is 609 g/mol. The Morgan fingerprint density at radius 3 is 2.55 bits per heavy atom. The van der Waals surface area contributed by atoms with Gasteiger partial charge in [-0.3, -0.25) is 9.59 Å². The summed E-state index contributed by atoms with van der Waals surface area (Å²) < 4.78 is 24.2. The van der Waals surface area contributed by atoms with E-state index in [1.165, 1.54) is 23.0 Å². The number of anilines is 1. The number of carbonyl (C=O) groups is 2. The van der Waals surface area contributed by atoms with Gasteiger partial charge < -0.3 is 19.5 Å². The minimum Gasteiger partial charge on any atom is -0.368 e. The third kappa shape index (κ3) is 5.91. The lowest BCUT2D eigenvalue weighted by atomic mass is 10.2. The number of ether oxygens (including phenoxy) is 1. The van der Waals surface area contributed by atoms with Crippen molar-refractivity contribution in [2.45, 2.75) is 12.6 Å². The van der Waals surface area contributed by atoms with Crippen molar-refractivity contribution in [2.24, 2.45) is 0 Å². The average Bonchev–Trinajstić information content (AvgIpc) is 3.74. The number of rotatable bonds is 7. The zero-order valence-corrected chi connectivity index (χ0v) is 23.4. The zero-order valence-electron chi connectivity index (χ0n) is 21.9. The normalized spacial score (nSPS) is 15.1. The second-order valence-electron chi connectivity index (χ2n) is 9.52. The van der Waals surface area contributed by atoms with Gasteiger partial charge >= 0.3 is 0 Å². The summed E-state index contributed by atoms with van der Waals surface area (Å²) in [5, 5.41) is 16.2. The van der Waals surface area contributed by atoms with Crippen molar-refractivity contribution < 1.29 is 18.7 Å². The van der Waals surface area contributed by atoms with Gasteiger partial charge in [-0.05, 0) is 54.6 Å². The standard InChI is InChI=1S/C28H23Cl2FN8O3/c29-18-11-19(30)13-21(12-18)33-26(40)17-38-15-24(34-35-38)25-16-37(9-10-42-25)28(41)23-14-32-39(22-5-3-20(31)4-6-22)27(23)36-7-1-2-8-36/h1-8,11-15,25H,9-10,16-17H2,(H,33,40). The van der Waals surface area contributed by atoms with E-state index in [1.54, 1.807) is 50.7 Å². The SMILES string of the molecule is O=C(Cn1cc(C2CN(C(=O)c3cnn(-c4ccc(F)cc4)c3-n3cccc3)CCO2)nn1)Nc1cc(Cl)cc(Cl)c1. The van der Waals surface area contributed by atoms with Crippen LogP contribution in [-0.2, 0) is 16.1 Å². The van der Waals surface area contributed by atoms with Gasteiger partial charge in [0.25, 0.3) is 5.91 Å². The van der Waals surface area contributed by atoms with Crippen LogP contribution in [0.3, 0.4) is 0 Å². The maximum atomic E-state index is 13.8. The Balaban J connectivity index is 1.17. The van der Waals surface area contributed by atoms with Crippen molar-refractivity contribution in [3.63, 3.8) is 0 Å². The molecule has 11 nitrogen and oxygen atoms in total. The van der Waals surface area contributed by atoms with E-state index < -0.39 is 6.10 Å². The molecule has 1 unspecified atom stereocenters. The van der Waals surface area contributed by atoms with Crippen molar-refractivity contribution >= 4 is 40.7 Å². The van der Waals surface area contributed by atoms with Crippen LogP contribution in [0.25, 0.3) is 11.5 Å². The summed E-state index contributed by atoms with van der Waals surface area (Å²) in [5.41, 5.74) is 1.93. The number of morpholine rings is 1. The summed E-state index contributed by atoms with van der Waals surface area (Å²) in [5.74, 6) is -0.431. The molecular formula is C28H23Cl2FN8O3. The minimum atomic E-state index is -0.548. The molecule has 1 aliphatic rings. The number of carbonyl (C=O) groups excluding carboxylic acids is 2. The summed E-state index contributed by atoms with van der Waals surface area (Å²) in [6, 6.07) is 14.3. The smallest absolute Gasteiger partial charge is 0.259 e. The van der Waals surface area contributed by atoms with E-state index in [4.69, 9.17) is 27.9 Å². The molecule has 1 saturated heterocycles. The van der Waals surface area contributed by atoms with Crippen LogP contribution in [0.4, 0.5) is 10.1 Å². The van der Waals surface area contributed by atoms with E-state index in [9.17, 15) is 14.0 Å². The predicted octanol–water partition coefficient (Wildman–Crippen LogP) is 4.55. The van der Waals surface area contributed by atoms with E-state index >= 15 is 0 Å². The van der Waals surface area contributed by atoms with Gasteiger partial charge in [0.2, 0.25) is 5.91 Å². The third-order valence-electron chi connectivity index (χ3n) is 6.59. The lowest BCUT2D eigenvalue weighted by Crippen LogP contribution is -2.42. The number of hydrogen-bond acceptors (Lipinski definition) is 6. The second-order valence-corrected chi connectivity index (χ2v) is 10.4. The summed E-state index contributed by atoms with van der Waals surface area (Å²) in [6.45, 7) is 0.762. The molecule has 0 spiro atoms. The van der Waals surface area contributed by atoms with Gasteiger partial charge in [0.15, 0.2) is 5.82 Å². The number of amides is 2. The number of halogens is 3. The Labute approximate surface area is 249 Å². The van der Waals surface area contributed by atoms with Crippen LogP contribution < -0.4 is 5.32 Å². The van der Waals surface area contributed by atoms with Gasteiger partial charge in [-0.15, -0.1) is 5.10 Å². The number of aromatic nitrogens is 6. The van der Waals surface area contributed by atoms with Crippen LogP contribution >= 0.6 is 23.2 Å². The Bertz CT molecular complexity index is 1720. The minimum absolute atomic E-state index is 0.102. The summed E-state index contributed by atoms with van der Waals surface area (Å²) in [7, 11) is 0. The Morgan fingerprint density at radius 2 is 1.81 bits per heavy atom. The molecule has 3 aromatic heterocycles. The van der Waals surface area contributed by atoms with Crippen LogP contribution in [0.15, 0.2) is 79.4 Å². The van der Waals surface area contributed by atoms with Crippen LogP contribution in [0.2, 0.25) is 10.0 Å². The molecule has 5 aromatic rings. The van der Waals surface area contributed by atoms with E-state index in [0.29, 0.717) is 45.0 Å². The molecule has 14 heteroatoms. The molecule has 1 N–H and O–H groups in total. The highest BCUT2D eigenvalue weighted by Crippen LogP contribution is 2.26. The molecule has 214 valence electrons. The first-order valence-corrected chi connectivity index (χ1v) is 13.6. The van der Waals surface area contributed by atoms with Gasteiger partial charge in [-0.2, -0.15) is 5.10 Å². The van der Waals surface area contributed by atoms with Crippen molar-refractivity contribution in [2.75, 3.05) is 25.0 Å². The van der Waals surface area contributed by atoms with E-state index in [-0.39, 0.29) is 37.3 Å². The Kier molecular flexibility index (Phi) is 7.74. The van der Waals surface area contributed by atoms with Crippen LogP contribution in [-0.4, -0.2) is 65.8 Å². The molecule has 1 aliphatic heterocycles. The first kappa shape index (κ1) is 27.6. The van der Waals surface area contributed by atoms with Gasteiger partial charge in [-0.1, -0.05) is 28.4 Å². The maximum absolute atomic E-state index is 13.8. The Hall–Kier alpha value is -4.52. The molecule has 2 aromatic carbocycles. The molecule has 4 heterocycles. The van der Waals surface area contributed by atoms with Crippen LogP contribution in [0.5, 0.6) is 0 Å². The first-order valence-electron chi connectivity index (χ1n) is 12.9. The molecule has 6 rings (SSSR count). The third-order valence-corrected chi connectivity index (χ3v) is 7.02. The highest BCUT2D eigenvalue weighted by atomic mass is 35.5. The quantitative estimate of drug-likeness (QED) is 0.290. The molecular weight excluding hydrogens is 586 g/mol. The second kappa shape index (κ2) is 11.8. The van der Waals surface area contributed by atoms with E-state index in [1.807, 2.05) is 24.5 Å².